The first-order valence-electron chi connectivity index (χ1n) is 7.96. The average molecular weight is 383 g/mol. The molecule has 3 rings (SSSR count). The van der Waals surface area contributed by atoms with Crippen LogP contribution in [0.1, 0.15) is 12.8 Å². The number of aromatic nitrogens is 2. The van der Waals surface area contributed by atoms with E-state index in [9.17, 15) is 13.5 Å². The van der Waals surface area contributed by atoms with Gasteiger partial charge in [0.2, 0.25) is 16.0 Å². The molecule has 1 atom stereocenters. The van der Waals surface area contributed by atoms with Gasteiger partial charge in [0, 0.05) is 32.0 Å². The highest BCUT2D eigenvalue weighted by atomic mass is 35.5. The normalized spacial score (nSPS) is 18.3. The fourth-order valence-corrected chi connectivity index (χ4v) is 4.35. The van der Waals surface area contributed by atoms with Gasteiger partial charge in [0.05, 0.1) is 5.02 Å². The summed E-state index contributed by atoms with van der Waals surface area (Å²) >= 11 is 5.79. The van der Waals surface area contributed by atoms with Crippen molar-refractivity contribution < 1.29 is 13.5 Å². The Morgan fingerprint density at radius 1 is 1.28 bits per heavy atom. The van der Waals surface area contributed by atoms with Gasteiger partial charge in [-0.1, -0.05) is 17.7 Å². The van der Waals surface area contributed by atoms with Gasteiger partial charge in [0.25, 0.3) is 0 Å². The van der Waals surface area contributed by atoms with Gasteiger partial charge in [-0.2, -0.15) is 0 Å². The van der Waals surface area contributed by atoms with Crippen LogP contribution in [-0.2, 0) is 10.0 Å². The Hall–Kier alpha value is -1.90. The Morgan fingerprint density at radius 3 is 2.80 bits per heavy atom. The van der Waals surface area contributed by atoms with E-state index in [-0.39, 0.29) is 22.4 Å². The first-order valence-corrected chi connectivity index (χ1v) is 9.82. The Balaban J connectivity index is 1.65. The summed E-state index contributed by atoms with van der Waals surface area (Å²) in [5.41, 5.74) is 0. The first-order chi connectivity index (χ1) is 12.0. The van der Waals surface area contributed by atoms with Gasteiger partial charge in [0.15, 0.2) is 5.75 Å². The van der Waals surface area contributed by atoms with Gasteiger partial charge in [0.1, 0.15) is 4.90 Å². The second-order valence-electron chi connectivity index (χ2n) is 5.94. The minimum atomic E-state index is -3.83. The molecular formula is C16H19ClN4O3S. The molecule has 1 aliphatic heterocycles. The Morgan fingerprint density at radius 2 is 2.04 bits per heavy atom. The lowest BCUT2D eigenvalue weighted by molar-refractivity contribution is 0.406. The molecule has 0 bridgehead atoms. The Bertz CT molecular complexity index is 833. The van der Waals surface area contributed by atoms with E-state index in [2.05, 4.69) is 19.6 Å². The number of sulfonamides is 1. The number of nitrogens with one attached hydrogen (secondary N) is 1. The monoisotopic (exact) mass is 382 g/mol. The minimum absolute atomic E-state index is 0.00735. The van der Waals surface area contributed by atoms with Gasteiger partial charge in [-0.3, -0.25) is 0 Å². The molecule has 0 amide bonds. The number of rotatable bonds is 5. The van der Waals surface area contributed by atoms with Crippen molar-refractivity contribution in [1.82, 2.24) is 14.7 Å². The largest absolute Gasteiger partial charge is 0.505 e. The van der Waals surface area contributed by atoms with Crippen LogP contribution >= 0.6 is 11.6 Å². The van der Waals surface area contributed by atoms with Gasteiger partial charge >= 0.3 is 0 Å². The van der Waals surface area contributed by atoms with Crippen molar-refractivity contribution in [3.05, 3.63) is 41.7 Å². The molecule has 2 aromatic rings. The lowest BCUT2D eigenvalue weighted by atomic mass is 9.99. The van der Waals surface area contributed by atoms with Crippen LogP contribution in [0.25, 0.3) is 0 Å². The Labute approximate surface area is 151 Å². The summed E-state index contributed by atoms with van der Waals surface area (Å²) < 4.78 is 27.4. The maximum atomic E-state index is 12.4. The standard InChI is InChI=1S/C16H19ClN4O3S/c17-13-5-1-6-14(15(13)22)25(23,24)20-10-12-4-2-9-21(11-12)16-18-7-3-8-19-16/h1,3,5-8,12,20,22H,2,4,9-11H2. The highest BCUT2D eigenvalue weighted by molar-refractivity contribution is 7.89. The smallest absolute Gasteiger partial charge is 0.244 e. The van der Waals surface area contributed by atoms with Crippen LogP contribution in [0.3, 0.4) is 0 Å². The lowest BCUT2D eigenvalue weighted by Gasteiger charge is -2.32. The van der Waals surface area contributed by atoms with E-state index in [4.69, 9.17) is 11.6 Å². The molecule has 1 aromatic heterocycles. The number of aromatic hydroxyl groups is 1. The predicted molar refractivity (Wildman–Crippen MR) is 95.3 cm³/mol. The highest BCUT2D eigenvalue weighted by Gasteiger charge is 2.25. The molecule has 1 aliphatic rings. The summed E-state index contributed by atoms with van der Waals surface area (Å²) in [6.07, 6.45) is 5.23. The number of hydrogen-bond acceptors (Lipinski definition) is 6. The molecule has 1 unspecified atom stereocenters. The highest BCUT2D eigenvalue weighted by Crippen LogP contribution is 2.30. The third-order valence-electron chi connectivity index (χ3n) is 4.16. The average Bonchev–Trinajstić information content (AvgIpc) is 2.63. The maximum Gasteiger partial charge on any atom is 0.244 e. The van der Waals surface area contributed by atoms with Crippen LogP contribution in [0.15, 0.2) is 41.6 Å². The Kier molecular flexibility index (Phi) is 5.41. The molecule has 1 aromatic carbocycles. The van der Waals surface area contributed by atoms with Crippen molar-refractivity contribution in [3.8, 4) is 5.75 Å². The number of halogens is 1. The topological polar surface area (TPSA) is 95.4 Å². The third-order valence-corrected chi connectivity index (χ3v) is 5.92. The van der Waals surface area contributed by atoms with E-state index in [1.807, 2.05) is 0 Å². The second kappa shape index (κ2) is 7.55. The second-order valence-corrected chi connectivity index (χ2v) is 8.08. The summed E-state index contributed by atoms with van der Waals surface area (Å²) in [5.74, 6) is 0.357. The zero-order chi connectivity index (χ0) is 17.9. The summed E-state index contributed by atoms with van der Waals surface area (Å²) in [4.78, 5) is 10.3. The minimum Gasteiger partial charge on any atom is -0.505 e. The molecular weight excluding hydrogens is 364 g/mol. The molecule has 1 saturated heterocycles. The van der Waals surface area contributed by atoms with Crippen molar-refractivity contribution in [2.24, 2.45) is 5.92 Å². The molecule has 2 N–H and O–H groups in total. The van der Waals surface area contributed by atoms with Crippen LogP contribution in [0, 0.1) is 5.92 Å². The van der Waals surface area contributed by atoms with Crippen molar-refractivity contribution in [1.29, 1.82) is 0 Å². The van der Waals surface area contributed by atoms with E-state index in [0.29, 0.717) is 12.5 Å². The van der Waals surface area contributed by atoms with Crippen LogP contribution in [0.2, 0.25) is 5.02 Å². The van der Waals surface area contributed by atoms with E-state index >= 15 is 0 Å². The fraction of sp³-hybridized carbons (Fsp3) is 0.375. The summed E-state index contributed by atoms with van der Waals surface area (Å²) in [6, 6.07) is 6.02. The van der Waals surface area contributed by atoms with Crippen molar-refractivity contribution >= 4 is 27.6 Å². The third kappa shape index (κ3) is 4.20. The van der Waals surface area contributed by atoms with E-state index in [1.165, 1.54) is 18.2 Å². The zero-order valence-corrected chi connectivity index (χ0v) is 15.0. The zero-order valence-electron chi connectivity index (χ0n) is 13.5. The molecule has 2 heterocycles. The van der Waals surface area contributed by atoms with E-state index < -0.39 is 15.8 Å². The van der Waals surface area contributed by atoms with Crippen LogP contribution in [0.4, 0.5) is 5.95 Å². The molecule has 0 aliphatic carbocycles. The molecule has 0 spiro atoms. The predicted octanol–water partition coefficient (Wildman–Crippen LogP) is 2.03. The summed E-state index contributed by atoms with van der Waals surface area (Å²) in [5, 5.41) is 9.89. The van der Waals surface area contributed by atoms with Crippen LogP contribution in [0.5, 0.6) is 5.75 Å². The number of piperidine rings is 1. The van der Waals surface area contributed by atoms with Crippen molar-refractivity contribution in [3.63, 3.8) is 0 Å². The molecule has 0 saturated carbocycles. The maximum absolute atomic E-state index is 12.4. The number of phenols is 1. The number of nitrogens with zero attached hydrogens (tertiary/aromatic N) is 3. The van der Waals surface area contributed by atoms with E-state index in [0.717, 1.165) is 19.4 Å². The molecule has 134 valence electrons. The van der Waals surface area contributed by atoms with Gasteiger partial charge in [-0.15, -0.1) is 0 Å². The number of hydrogen-bond donors (Lipinski definition) is 2. The molecule has 0 radical (unpaired) electrons. The summed E-state index contributed by atoms with van der Waals surface area (Å²) in [6.45, 7) is 1.80. The SMILES string of the molecule is O=S(=O)(NCC1CCCN(c2ncccn2)C1)c1cccc(Cl)c1O. The lowest BCUT2D eigenvalue weighted by Crippen LogP contribution is -2.41. The molecule has 1 fully saturated rings. The van der Waals surface area contributed by atoms with E-state index in [1.54, 1.807) is 18.5 Å². The van der Waals surface area contributed by atoms with Gasteiger partial charge in [-0.05, 0) is 37.0 Å². The first kappa shape index (κ1) is 17.9. The number of para-hydroxylation sites is 1. The van der Waals surface area contributed by atoms with Gasteiger partial charge < -0.3 is 10.0 Å². The number of benzene rings is 1. The van der Waals surface area contributed by atoms with Crippen LogP contribution < -0.4 is 9.62 Å². The number of phenolic OH excluding ortho intramolecular Hbond substituents is 1. The quantitative estimate of drug-likeness (QED) is 0.821. The van der Waals surface area contributed by atoms with Crippen molar-refractivity contribution in [2.45, 2.75) is 17.7 Å². The van der Waals surface area contributed by atoms with Crippen molar-refractivity contribution in [2.75, 3.05) is 24.5 Å². The summed E-state index contributed by atoms with van der Waals surface area (Å²) in [7, 11) is -3.83. The fourth-order valence-electron chi connectivity index (χ4n) is 2.89. The van der Waals surface area contributed by atoms with Crippen LogP contribution in [-0.4, -0.2) is 43.1 Å². The molecule has 25 heavy (non-hydrogen) atoms. The molecule has 7 nitrogen and oxygen atoms in total. The number of anilines is 1. The molecule has 9 heteroatoms. The van der Waals surface area contributed by atoms with Gasteiger partial charge in [-0.25, -0.2) is 23.1 Å².